The number of hydrogen-bond acceptors (Lipinski definition) is 2. The summed E-state index contributed by atoms with van der Waals surface area (Å²) in [7, 11) is 2.63. The number of rotatable bonds is 1. The second-order valence-corrected chi connectivity index (χ2v) is 2.63. The second kappa shape index (κ2) is 2.59. The van der Waals surface area contributed by atoms with Gasteiger partial charge in [-0.2, -0.15) is 5.10 Å². The van der Waals surface area contributed by atoms with Gasteiger partial charge in [0.05, 0.1) is 24.2 Å². The molecule has 0 aliphatic carbocycles. The lowest BCUT2D eigenvalue weighted by molar-refractivity contribution is 0.778. The van der Waals surface area contributed by atoms with E-state index in [1.807, 2.05) is 23.1 Å². The minimum Gasteiger partial charge on any atom is -0.262 e. The third kappa shape index (κ3) is 1.02. The van der Waals surface area contributed by atoms with Crippen molar-refractivity contribution in [1.29, 1.82) is 0 Å². The summed E-state index contributed by atoms with van der Waals surface area (Å²) in [6, 6.07) is 1.96. The highest BCUT2D eigenvalue weighted by molar-refractivity contribution is 7.15. The van der Waals surface area contributed by atoms with E-state index >= 15 is 0 Å². The summed E-state index contributed by atoms with van der Waals surface area (Å²) in [4.78, 5) is 4.02. The van der Waals surface area contributed by atoms with Crippen molar-refractivity contribution in [3.8, 4) is 0 Å². The Labute approximate surface area is 66.6 Å². The van der Waals surface area contributed by atoms with Crippen LogP contribution in [0.2, 0.25) is 0 Å². The van der Waals surface area contributed by atoms with Gasteiger partial charge < -0.3 is 0 Å². The molecule has 0 radical (unpaired) electrons. The fourth-order valence-electron chi connectivity index (χ4n) is 1.06. The van der Waals surface area contributed by atoms with Crippen LogP contribution < -0.4 is 0 Å². The van der Waals surface area contributed by atoms with Crippen molar-refractivity contribution in [1.82, 2.24) is 14.8 Å². The Morgan fingerprint density at radius 3 is 3.18 bits per heavy atom. The molecule has 0 saturated heterocycles. The Bertz CT molecular complexity index is 368. The van der Waals surface area contributed by atoms with Gasteiger partial charge in [-0.3, -0.25) is 9.67 Å². The van der Waals surface area contributed by atoms with Gasteiger partial charge in [0.2, 0.25) is 0 Å². The van der Waals surface area contributed by atoms with E-state index in [1.165, 1.54) is 0 Å². The van der Waals surface area contributed by atoms with Gasteiger partial charge in [0, 0.05) is 11.6 Å². The van der Waals surface area contributed by atoms with Crippen LogP contribution >= 0.6 is 9.24 Å². The molecular formula is C7H8N3P. The van der Waals surface area contributed by atoms with Gasteiger partial charge in [0.1, 0.15) is 0 Å². The van der Waals surface area contributed by atoms with Crippen LogP contribution in [0.1, 0.15) is 0 Å². The number of aromatic nitrogens is 3. The zero-order chi connectivity index (χ0) is 7.68. The predicted molar refractivity (Wildman–Crippen MR) is 47.2 cm³/mol. The van der Waals surface area contributed by atoms with Crippen LogP contribution in [0.15, 0.2) is 24.7 Å². The Hall–Kier alpha value is -0.950. The predicted octanol–water partition coefficient (Wildman–Crippen LogP) is 1.26. The molecule has 11 heavy (non-hydrogen) atoms. The van der Waals surface area contributed by atoms with E-state index < -0.39 is 0 Å². The molecule has 0 bridgehead atoms. The minimum atomic E-state index is 0.815. The van der Waals surface area contributed by atoms with Crippen molar-refractivity contribution in [2.75, 3.05) is 0 Å². The number of fused-ring (bicyclic) bond motifs is 1. The van der Waals surface area contributed by atoms with Crippen molar-refractivity contribution in [2.24, 2.45) is 0 Å². The molecule has 2 aromatic heterocycles. The summed E-state index contributed by atoms with van der Waals surface area (Å²) >= 11 is 0. The maximum absolute atomic E-state index is 4.17. The molecule has 0 spiro atoms. The van der Waals surface area contributed by atoms with Crippen molar-refractivity contribution >= 4 is 20.1 Å². The van der Waals surface area contributed by atoms with Crippen LogP contribution in [-0.4, -0.2) is 14.8 Å². The standard InChI is InChI=1S/C7H8N3P/c11-5-10-7-4-8-2-1-6(7)3-9-10/h1-4H,5,11H2. The zero-order valence-electron chi connectivity index (χ0n) is 5.94. The van der Waals surface area contributed by atoms with Crippen LogP contribution in [-0.2, 0) is 6.29 Å². The van der Waals surface area contributed by atoms with Gasteiger partial charge in [0.25, 0.3) is 0 Å². The van der Waals surface area contributed by atoms with E-state index in [4.69, 9.17) is 0 Å². The highest BCUT2D eigenvalue weighted by atomic mass is 31.0. The zero-order valence-corrected chi connectivity index (χ0v) is 7.09. The second-order valence-electron chi connectivity index (χ2n) is 2.26. The SMILES string of the molecule is PCn1ncc2ccncc21. The summed E-state index contributed by atoms with van der Waals surface area (Å²) in [6.45, 7) is 0. The molecule has 4 heteroatoms. The molecule has 0 N–H and O–H groups in total. The van der Waals surface area contributed by atoms with E-state index in [0.717, 1.165) is 17.2 Å². The van der Waals surface area contributed by atoms with Crippen LogP contribution in [0.3, 0.4) is 0 Å². The Kier molecular flexibility index (Phi) is 1.59. The maximum Gasteiger partial charge on any atom is 0.0869 e. The first-order valence-corrected chi connectivity index (χ1v) is 4.19. The van der Waals surface area contributed by atoms with Crippen molar-refractivity contribution in [2.45, 2.75) is 6.29 Å². The highest BCUT2D eigenvalue weighted by Crippen LogP contribution is 2.11. The molecule has 2 rings (SSSR count). The monoisotopic (exact) mass is 165 g/mol. The molecule has 56 valence electrons. The third-order valence-electron chi connectivity index (χ3n) is 1.62. The van der Waals surface area contributed by atoms with Gasteiger partial charge >= 0.3 is 0 Å². The fraction of sp³-hybridized carbons (Fsp3) is 0.143. The van der Waals surface area contributed by atoms with Crippen LogP contribution in [0.4, 0.5) is 0 Å². The topological polar surface area (TPSA) is 30.7 Å². The average Bonchev–Trinajstić information content (AvgIpc) is 2.47. The summed E-state index contributed by atoms with van der Waals surface area (Å²) in [5, 5.41) is 5.31. The Morgan fingerprint density at radius 1 is 1.45 bits per heavy atom. The summed E-state index contributed by atoms with van der Waals surface area (Å²) in [5.41, 5.74) is 1.09. The fourth-order valence-corrected chi connectivity index (χ4v) is 1.35. The minimum absolute atomic E-state index is 0.815. The lowest BCUT2D eigenvalue weighted by Crippen LogP contribution is -1.92. The molecule has 0 amide bonds. The third-order valence-corrected chi connectivity index (χ3v) is 1.97. The molecule has 0 saturated carbocycles. The lowest BCUT2D eigenvalue weighted by atomic mass is 10.3. The Morgan fingerprint density at radius 2 is 2.36 bits per heavy atom. The highest BCUT2D eigenvalue weighted by Gasteiger charge is 1.97. The van der Waals surface area contributed by atoms with E-state index in [0.29, 0.717) is 0 Å². The van der Waals surface area contributed by atoms with Gasteiger partial charge in [-0.1, -0.05) is 0 Å². The molecule has 0 aliphatic rings. The lowest BCUT2D eigenvalue weighted by Gasteiger charge is -1.95. The molecule has 1 atom stereocenters. The molecule has 0 fully saturated rings. The average molecular weight is 165 g/mol. The summed E-state index contributed by atoms with van der Waals surface area (Å²) in [6.07, 6.45) is 6.26. The van der Waals surface area contributed by atoms with E-state index in [9.17, 15) is 0 Å². The first kappa shape index (κ1) is 6.74. The normalized spacial score (nSPS) is 10.6. The molecular weight excluding hydrogens is 157 g/mol. The molecule has 0 aromatic carbocycles. The van der Waals surface area contributed by atoms with Crippen LogP contribution in [0, 0.1) is 0 Å². The first-order valence-electron chi connectivity index (χ1n) is 3.37. The van der Waals surface area contributed by atoms with Gasteiger partial charge in [-0.05, 0) is 6.07 Å². The van der Waals surface area contributed by atoms with E-state index in [1.54, 1.807) is 6.20 Å². The van der Waals surface area contributed by atoms with E-state index in [-0.39, 0.29) is 0 Å². The summed E-state index contributed by atoms with van der Waals surface area (Å²) < 4.78 is 1.90. The maximum atomic E-state index is 4.17. The van der Waals surface area contributed by atoms with Gasteiger partial charge in [0.15, 0.2) is 0 Å². The molecule has 2 aromatic rings. The first-order chi connectivity index (χ1) is 5.42. The van der Waals surface area contributed by atoms with Gasteiger partial charge in [-0.25, -0.2) is 0 Å². The summed E-state index contributed by atoms with van der Waals surface area (Å²) in [5.74, 6) is 0. The molecule has 1 unspecified atom stereocenters. The number of nitrogens with zero attached hydrogens (tertiary/aromatic N) is 3. The van der Waals surface area contributed by atoms with Crippen LogP contribution in [0.5, 0.6) is 0 Å². The number of pyridine rings is 1. The van der Waals surface area contributed by atoms with Gasteiger partial charge in [-0.15, -0.1) is 9.24 Å². The Balaban J connectivity index is 2.76. The smallest absolute Gasteiger partial charge is 0.0869 e. The van der Waals surface area contributed by atoms with Crippen LogP contribution in [0.25, 0.3) is 10.9 Å². The van der Waals surface area contributed by atoms with Crippen molar-refractivity contribution in [3.63, 3.8) is 0 Å². The van der Waals surface area contributed by atoms with Crippen molar-refractivity contribution < 1.29 is 0 Å². The molecule has 3 nitrogen and oxygen atoms in total. The van der Waals surface area contributed by atoms with Crippen molar-refractivity contribution in [3.05, 3.63) is 24.7 Å². The molecule has 2 heterocycles. The largest absolute Gasteiger partial charge is 0.262 e. The molecule has 0 aliphatic heterocycles. The number of hydrogen-bond donors (Lipinski definition) is 0. The quantitative estimate of drug-likeness (QED) is 0.595. The van der Waals surface area contributed by atoms with E-state index in [2.05, 4.69) is 19.3 Å².